The Morgan fingerprint density at radius 3 is 2.41 bits per heavy atom. The maximum absolute atomic E-state index is 12.4. The molecule has 3 aliphatic carbocycles. The van der Waals surface area contributed by atoms with Crippen LogP contribution in [0.2, 0.25) is 0 Å². The van der Waals surface area contributed by atoms with Crippen LogP contribution in [0.4, 0.5) is 0 Å². The highest BCUT2D eigenvalue weighted by molar-refractivity contribution is 6.17. The van der Waals surface area contributed by atoms with Gasteiger partial charge in [0.05, 0.1) is 0 Å². The van der Waals surface area contributed by atoms with Crippen molar-refractivity contribution in [1.29, 1.82) is 0 Å². The molecule has 2 unspecified atom stereocenters. The van der Waals surface area contributed by atoms with Crippen molar-refractivity contribution in [3.05, 3.63) is 23.8 Å². The molecule has 5 nitrogen and oxygen atoms in total. The highest BCUT2D eigenvalue weighted by Crippen LogP contribution is 2.66. The Hall–Kier alpha value is -2.04. The smallest absolute Gasteiger partial charge is 0.290 e. The van der Waals surface area contributed by atoms with E-state index in [1.54, 1.807) is 0 Å². The van der Waals surface area contributed by atoms with E-state index in [-0.39, 0.29) is 29.2 Å². The number of rotatable bonds is 2. The summed E-state index contributed by atoms with van der Waals surface area (Å²) in [4.78, 5) is 44.1. The van der Waals surface area contributed by atoms with Crippen molar-refractivity contribution >= 4 is 23.8 Å². The summed E-state index contributed by atoms with van der Waals surface area (Å²) in [6.45, 7) is 4.03. The highest BCUT2D eigenvalue weighted by Gasteiger charge is 2.64. The summed E-state index contributed by atoms with van der Waals surface area (Å²) < 4.78 is 0. The summed E-state index contributed by atoms with van der Waals surface area (Å²) in [5.41, 5.74) is 0.0245. The normalized spacial score (nSPS) is 31.6. The minimum Gasteiger partial charge on any atom is -0.483 e. The fourth-order valence-corrected chi connectivity index (χ4v) is 4.20. The number of hydrogen-bond donors (Lipinski definition) is 1. The summed E-state index contributed by atoms with van der Waals surface area (Å²) in [5, 5.41) is 6.89. The average Bonchev–Trinajstić information content (AvgIpc) is 2.78. The maximum atomic E-state index is 12.4. The van der Waals surface area contributed by atoms with E-state index in [0.29, 0.717) is 24.3 Å². The lowest BCUT2D eigenvalue weighted by Crippen LogP contribution is -2.37. The van der Waals surface area contributed by atoms with Crippen LogP contribution in [0.15, 0.2) is 23.8 Å². The number of carbonyl (C=O) groups excluding carboxylic acids is 3. The summed E-state index contributed by atoms with van der Waals surface area (Å²) in [5.74, 6) is 0.451. The molecule has 5 heteroatoms. The molecule has 118 valence electrons. The SMILES string of the molecule is CC1(C)C2CCC1(CC1=CC(=O)C=CC1=O)C(=O)C2.O=CO. The largest absolute Gasteiger partial charge is 0.483 e. The second-order valence-electron chi connectivity index (χ2n) is 6.72. The zero-order chi connectivity index (χ0) is 16.5. The quantitative estimate of drug-likeness (QED) is 0.623. The number of allylic oxidation sites excluding steroid dienone is 4. The third-order valence-corrected chi connectivity index (χ3v) is 5.66. The van der Waals surface area contributed by atoms with Gasteiger partial charge in [0.25, 0.3) is 6.47 Å². The Morgan fingerprint density at radius 2 is 1.91 bits per heavy atom. The van der Waals surface area contributed by atoms with Gasteiger partial charge in [0.1, 0.15) is 5.78 Å². The van der Waals surface area contributed by atoms with Crippen LogP contribution in [0.5, 0.6) is 0 Å². The standard InChI is InChI=1S/C16H18O3.CH2O2/c1-15(2)11-5-6-16(15,14(19)8-11)9-10-7-12(17)3-4-13(10)18;2-1-3/h3-4,7,11H,5-6,8-9H2,1-2H3;1H,(H,2,3). The van der Waals surface area contributed by atoms with Crippen LogP contribution in [0.3, 0.4) is 0 Å². The van der Waals surface area contributed by atoms with E-state index in [1.165, 1.54) is 18.2 Å². The van der Waals surface area contributed by atoms with E-state index in [4.69, 9.17) is 9.90 Å². The minimum absolute atomic E-state index is 0.0601. The molecule has 22 heavy (non-hydrogen) atoms. The first-order chi connectivity index (χ1) is 10.3. The first kappa shape index (κ1) is 16.3. The van der Waals surface area contributed by atoms with Gasteiger partial charge in [-0.15, -0.1) is 0 Å². The second-order valence-corrected chi connectivity index (χ2v) is 6.72. The first-order valence-corrected chi connectivity index (χ1v) is 7.36. The third kappa shape index (κ3) is 2.34. The summed E-state index contributed by atoms with van der Waals surface area (Å²) in [7, 11) is 0. The molecule has 3 aliphatic rings. The Balaban J connectivity index is 0.000000545. The Morgan fingerprint density at radius 1 is 1.27 bits per heavy atom. The van der Waals surface area contributed by atoms with Gasteiger partial charge in [-0.25, -0.2) is 0 Å². The van der Waals surface area contributed by atoms with Gasteiger partial charge in [-0.05, 0) is 48.8 Å². The zero-order valence-electron chi connectivity index (χ0n) is 12.8. The van der Waals surface area contributed by atoms with Crippen LogP contribution in [0, 0.1) is 16.7 Å². The molecule has 3 rings (SSSR count). The molecular weight excluding hydrogens is 284 g/mol. The third-order valence-electron chi connectivity index (χ3n) is 5.66. The van der Waals surface area contributed by atoms with Crippen LogP contribution in [0.1, 0.15) is 39.5 Å². The van der Waals surface area contributed by atoms with E-state index < -0.39 is 5.41 Å². The van der Waals surface area contributed by atoms with Crippen molar-refractivity contribution in [3.63, 3.8) is 0 Å². The molecule has 0 aromatic carbocycles. The average molecular weight is 304 g/mol. The van der Waals surface area contributed by atoms with Crippen molar-refractivity contribution in [2.24, 2.45) is 16.7 Å². The minimum atomic E-state index is -0.426. The van der Waals surface area contributed by atoms with Crippen LogP contribution >= 0.6 is 0 Å². The maximum Gasteiger partial charge on any atom is 0.290 e. The summed E-state index contributed by atoms with van der Waals surface area (Å²) in [6.07, 6.45) is 7.01. The second kappa shape index (κ2) is 5.63. The molecule has 0 heterocycles. The van der Waals surface area contributed by atoms with E-state index in [0.717, 1.165) is 12.8 Å². The molecule has 0 aromatic heterocycles. The van der Waals surface area contributed by atoms with Gasteiger partial charge in [-0.2, -0.15) is 0 Å². The molecule has 0 saturated heterocycles. The Labute approximate surface area is 129 Å². The van der Waals surface area contributed by atoms with Crippen molar-refractivity contribution in [1.82, 2.24) is 0 Å². The molecule has 0 aliphatic heterocycles. The van der Waals surface area contributed by atoms with Crippen molar-refractivity contribution < 1.29 is 24.3 Å². The molecule has 1 N–H and O–H groups in total. The molecule has 0 spiro atoms. The lowest BCUT2D eigenvalue weighted by molar-refractivity contribution is -0.129. The monoisotopic (exact) mass is 304 g/mol. The molecular formula is C17H20O5. The molecule has 2 atom stereocenters. The molecule has 0 aromatic rings. The van der Waals surface area contributed by atoms with Crippen LogP contribution in [-0.4, -0.2) is 28.9 Å². The van der Waals surface area contributed by atoms with Gasteiger partial charge in [-0.3, -0.25) is 19.2 Å². The van der Waals surface area contributed by atoms with E-state index >= 15 is 0 Å². The first-order valence-electron chi connectivity index (χ1n) is 7.36. The lowest BCUT2D eigenvalue weighted by atomic mass is 9.65. The lowest BCUT2D eigenvalue weighted by Gasteiger charge is -2.37. The van der Waals surface area contributed by atoms with E-state index in [2.05, 4.69) is 13.8 Å². The number of fused-ring (bicyclic) bond motifs is 2. The van der Waals surface area contributed by atoms with E-state index in [9.17, 15) is 14.4 Å². The van der Waals surface area contributed by atoms with Gasteiger partial charge < -0.3 is 5.11 Å². The van der Waals surface area contributed by atoms with Crippen LogP contribution < -0.4 is 0 Å². The number of Topliss-reactive ketones (excluding diaryl/α,β-unsaturated/α-hetero) is 1. The number of carboxylic acid groups (broad SMARTS) is 1. The molecule has 2 fully saturated rings. The zero-order valence-corrected chi connectivity index (χ0v) is 12.8. The molecule has 0 radical (unpaired) electrons. The van der Waals surface area contributed by atoms with Crippen LogP contribution in [-0.2, 0) is 19.2 Å². The summed E-state index contributed by atoms with van der Waals surface area (Å²) in [6, 6.07) is 0. The molecule has 2 saturated carbocycles. The molecule has 0 amide bonds. The molecule has 2 bridgehead atoms. The van der Waals surface area contributed by atoms with Gasteiger partial charge >= 0.3 is 0 Å². The predicted octanol–water partition coefficient (Wildman–Crippen LogP) is 2.11. The van der Waals surface area contributed by atoms with Crippen molar-refractivity contribution in [2.45, 2.75) is 39.5 Å². The summed E-state index contributed by atoms with van der Waals surface area (Å²) >= 11 is 0. The van der Waals surface area contributed by atoms with Crippen LogP contribution in [0.25, 0.3) is 0 Å². The number of ketones is 3. The Bertz CT molecular complexity index is 596. The fraction of sp³-hybridized carbons (Fsp3) is 0.529. The number of hydrogen-bond acceptors (Lipinski definition) is 4. The highest BCUT2D eigenvalue weighted by atomic mass is 16.3. The van der Waals surface area contributed by atoms with Gasteiger partial charge in [-0.1, -0.05) is 13.8 Å². The van der Waals surface area contributed by atoms with Crippen molar-refractivity contribution in [2.75, 3.05) is 0 Å². The van der Waals surface area contributed by atoms with Crippen molar-refractivity contribution in [3.8, 4) is 0 Å². The van der Waals surface area contributed by atoms with Gasteiger partial charge in [0, 0.05) is 17.4 Å². The number of carbonyl (C=O) groups is 4. The van der Waals surface area contributed by atoms with E-state index in [1.807, 2.05) is 0 Å². The Kier molecular flexibility index (Phi) is 4.18. The predicted molar refractivity (Wildman–Crippen MR) is 79.1 cm³/mol. The fourth-order valence-electron chi connectivity index (χ4n) is 4.20. The van der Waals surface area contributed by atoms with Gasteiger partial charge in [0.2, 0.25) is 0 Å². The van der Waals surface area contributed by atoms with Gasteiger partial charge in [0.15, 0.2) is 11.6 Å². The topological polar surface area (TPSA) is 88.5 Å².